The molecule has 17 nitrogen and oxygen atoms in total. The van der Waals surface area contributed by atoms with E-state index in [1.54, 1.807) is 0 Å². The zero-order valence-electron chi connectivity index (χ0n) is 68.0. The molecule has 2 unspecified atom stereocenters. The van der Waals surface area contributed by atoms with E-state index >= 15 is 0 Å². The van der Waals surface area contributed by atoms with Gasteiger partial charge in [-0.3, -0.25) is 37.3 Å². The van der Waals surface area contributed by atoms with Gasteiger partial charge in [-0.25, -0.2) is 9.13 Å². The third-order valence-electron chi connectivity index (χ3n) is 19.6. The van der Waals surface area contributed by atoms with Crippen molar-refractivity contribution in [2.75, 3.05) is 39.6 Å². The van der Waals surface area contributed by atoms with E-state index in [-0.39, 0.29) is 25.7 Å². The maximum atomic E-state index is 13.1. The highest BCUT2D eigenvalue weighted by Crippen LogP contribution is 2.45. The number of esters is 4. The summed E-state index contributed by atoms with van der Waals surface area (Å²) in [5.41, 5.74) is 0. The van der Waals surface area contributed by atoms with Crippen LogP contribution in [0.4, 0.5) is 0 Å². The molecule has 0 aromatic rings. The van der Waals surface area contributed by atoms with Gasteiger partial charge in [-0.1, -0.05) is 383 Å². The fourth-order valence-electron chi connectivity index (χ4n) is 13.0. The van der Waals surface area contributed by atoms with Gasteiger partial charge in [-0.05, 0) is 49.4 Å². The Morgan fingerprint density at radius 1 is 0.243 bits per heavy atom. The van der Waals surface area contributed by atoms with E-state index in [4.69, 9.17) is 37.0 Å². The van der Waals surface area contributed by atoms with Crippen molar-refractivity contribution in [3.05, 3.63) is 0 Å². The topological polar surface area (TPSA) is 237 Å². The van der Waals surface area contributed by atoms with Gasteiger partial charge in [0.2, 0.25) is 0 Å². The number of aliphatic hydroxyl groups excluding tert-OH is 1. The van der Waals surface area contributed by atoms with Gasteiger partial charge in [-0.2, -0.15) is 0 Å². The number of carbonyl (C=O) groups excluding carboxylic acids is 4. The van der Waals surface area contributed by atoms with E-state index in [9.17, 15) is 43.2 Å². The average Bonchev–Trinajstić information content (AvgIpc) is 0.911. The molecule has 0 radical (unpaired) electrons. The molecule has 0 aromatic carbocycles. The predicted molar refractivity (Wildman–Crippen MR) is 423 cm³/mol. The standard InChI is InChI=1S/C84H164O17P2/c1-74(2)60-52-44-36-28-22-16-12-9-10-14-19-26-32-42-50-58-66-83(88)100-79(70-94-81(86)64-56-48-40-31-25-18-15-11-13-17-23-29-37-45-53-61-75(3)4)72-98-102(90,91)96-68-78(85)69-97-103(92,93)99-73-80(71-95-82(87)65-57-49-41-35-34-39-47-55-63-77(7)8)101-84(89)67-59-51-43-33-27-21-20-24-30-38-46-54-62-76(5)6/h74-80,85H,9-73H2,1-8H3,(H,90,91)(H,92,93)/t78-,79-,80-/m1/s1. The van der Waals surface area contributed by atoms with Gasteiger partial charge < -0.3 is 33.8 Å². The third kappa shape index (κ3) is 78.0. The van der Waals surface area contributed by atoms with Crippen LogP contribution in [0.25, 0.3) is 0 Å². The summed E-state index contributed by atoms with van der Waals surface area (Å²) in [6, 6.07) is 0. The first-order valence-electron chi connectivity index (χ1n) is 43.2. The van der Waals surface area contributed by atoms with E-state index in [1.807, 2.05) is 0 Å². The van der Waals surface area contributed by atoms with Crippen LogP contribution in [0, 0.1) is 23.7 Å². The van der Waals surface area contributed by atoms with Gasteiger partial charge in [0.05, 0.1) is 26.4 Å². The number of unbranched alkanes of at least 4 members (excludes halogenated alkanes) is 47. The molecule has 19 heteroatoms. The number of rotatable bonds is 81. The average molecular weight is 1510 g/mol. The highest BCUT2D eigenvalue weighted by atomic mass is 31.2. The van der Waals surface area contributed by atoms with Crippen LogP contribution in [0.5, 0.6) is 0 Å². The number of phosphoric ester groups is 2. The number of aliphatic hydroxyl groups is 1. The normalized spacial score (nSPS) is 14.0. The van der Waals surface area contributed by atoms with Crippen LogP contribution in [-0.4, -0.2) is 96.7 Å². The third-order valence-corrected chi connectivity index (χ3v) is 21.5. The van der Waals surface area contributed by atoms with E-state index in [1.165, 1.54) is 238 Å². The summed E-state index contributed by atoms with van der Waals surface area (Å²) in [6.45, 7) is 14.3. The summed E-state index contributed by atoms with van der Waals surface area (Å²) in [5, 5.41) is 10.7. The molecule has 0 saturated heterocycles. The molecule has 612 valence electrons. The minimum atomic E-state index is -4.97. The molecule has 5 atom stereocenters. The van der Waals surface area contributed by atoms with Gasteiger partial charge in [0.1, 0.15) is 19.3 Å². The number of hydrogen-bond donors (Lipinski definition) is 3. The molecule has 0 aliphatic carbocycles. The molecule has 0 aliphatic rings. The number of phosphoric acid groups is 2. The number of carbonyl (C=O) groups is 4. The Bertz CT molecular complexity index is 2010. The lowest BCUT2D eigenvalue weighted by Crippen LogP contribution is -2.30. The van der Waals surface area contributed by atoms with Crippen LogP contribution in [-0.2, 0) is 65.4 Å². The van der Waals surface area contributed by atoms with E-state index in [0.29, 0.717) is 25.7 Å². The molecule has 103 heavy (non-hydrogen) atoms. The highest BCUT2D eigenvalue weighted by Gasteiger charge is 2.30. The molecule has 0 saturated carbocycles. The summed E-state index contributed by atoms with van der Waals surface area (Å²) in [6.07, 6.45) is 61.1. The van der Waals surface area contributed by atoms with Gasteiger partial charge in [0.25, 0.3) is 0 Å². The second-order valence-corrected chi connectivity index (χ2v) is 35.0. The first-order valence-corrected chi connectivity index (χ1v) is 46.2. The molecule has 0 fully saturated rings. The Labute approximate surface area is 632 Å². The quantitative estimate of drug-likeness (QED) is 0.0222. The summed E-state index contributed by atoms with van der Waals surface area (Å²) in [4.78, 5) is 73.2. The summed E-state index contributed by atoms with van der Waals surface area (Å²) in [5.74, 6) is 1.01. The summed E-state index contributed by atoms with van der Waals surface area (Å²) < 4.78 is 68.8. The van der Waals surface area contributed by atoms with Crippen LogP contribution >= 0.6 is 15.6 Å². The molecule has 0 aromatic heterocycles. The Balaban J connectivity index is 5.25. The van der Waals surface area contributed by atoms with Crippen LogP contribution in [0.15, 0.2) is 0 Å². The summed E-state index contributed by atoms with van der Waals surface area (Å²) in [7, 11) is -9.93. The van der Waals surface area contributed by atoms with Crippen molar-refractivity contribution in [3.63, 3.8) is 0 Å². The Hall–Kier alpha value is -1.94. The van der Waals surface area contributed by atoms with E-state index < -0.39 is 97.5 Å². The monoisotopic (exact) mass is 1510 g/mol. The zero-order valence-corrected chi connectivity index (χ0v) is 69.7. The van der Waals surface area contributed by atoms with Crippen LogP contribution < -0.4 is 0 Å². The van der Waals surface area contributed by atoms with Gasteiger partial charge in [-0.15, -0.1) is 0 Å². The Morgan fingerprint density at radius 2 is 0.408 bits per heavy atom. The fraction of sp³-hybridized carbons (Fsp3) is 0.952. The minimum absolute atomic E-state index is 0.106. The van der Waals surface area contributed by atoms with Crippen molar-refractivity contribution in [2.24, 2.45) is 23.7 Å². The second-order valence-electron chi connectivity index (χ2n) is 32.1. The molecular weight excluding hydrogens is 1340 g/mol. The molecule has 0 heterocycles. The molecule has 3 N–H and O–H groups in total. The lowest BCUT2D eigenvalue weighted by Gasteiger charge is -2.21. The Kier molecular flexibility index (Phi) is 71.5. The summed E-state index contributed by atoms with van der Waals surface area (Å²) >= 11 is 0. The maximum Gasteiger partial charge on any atom is 0.472 e. The second kappa shape index (κ2) is 72.9. The van der Waals surface area contributed by atoms with E-state index in [0.717, 1.165) is 114 Å². The van der Waals surface area contributed by atoms with Crippen molar-refractivity contribution < 1.29 is 80.2 Å². The largest absolute Gasteiger partial charge is 0.472 e. The van der Waals surface area contributed by atoms with Crippen LogP contribution in [0.2, 0.25) is 0 Å². The predicted octanol–water partition coefficient (Wildman–Crippen LogP) is 25.2. The van der Waals surface area contributed by atoms with Gasteiger partial charge in [0, 0.05) is 25.7 Å². The van der Waals surface area contributed by atoms with Crippen molar-refractivity contribution in [1.82, 2.24) is 0 Å². The highest BCUT2D eigenvalue weighted by molar-refractivity contribution is 7.47. The zero-order chi connectivity index (χ0) is 76.0. The number of ether oxygens (including phenoxy) is 4. The van der Waals surface area contributed by atoms with E-state index in [2.05, 4.69) is 55.4 Å². The molecule has 0 aliphatic heterocycles. The molecular formula is C84H164O17P2. The van der Waals surface area contributed by atoms with Crippen molar-refractivity contribution in [2.45, 2.75) is 453 Å². The molecule has 0 rings (SSSR count). The fourth-order valence-corrected chi connectivity index (χ4v) is 14.5. The first-order chi connectivity index (χ1) is 49.6. The number of hydrogen-bond acceptors (Lipinski definition) is 15. The lowest BCUT2D eigenvalue weighted by atomic mass is 10.0. The van der Waals surface area contributed by atoms with Crippen molar-refractivity contribution in [1.29, 1.82) is 0 Å². The van der Waals surface area contributed by atoms with Crippen LogP contribution in [0.1, 0.15) is 434 Å². The lowest BCUT2D eigenvalue weighted by molar-refractivity contribution is -0.161. The van der Waals surface area contributed by atoms with Gasteiger partial charge >= 0.3 is 39.5 Å². The molecule has 0 amide bonds. The smallest absolute Gasteiger partial charge is 0.462 e. The molecule has 0 bridgehead atoms. The van der Waals surface area contributed by atoms with Crippen molar-refractivity contribution >= 4 is 39.5 Å². The maximum absolute atomic E-state index is 13.1. The van der Waals surface area contributed by atoms with Crippen LogP contribution in [0.3, 0.4) is 0 Å². The minimum Gasteiger partial charge on any atom is -0.462 e. The first kappa shape index (κ1) is 101. The Morgan fingerprint density at radius 3 is 0.602 bits per heavy atom. The van der Waals surface area contributed by atoms with Gasteiger partial charge in [0.15, 0.2) is 12.2 Å². The SMILES string of the molecule is CC(C)CCCCCCCCCCCCCCCCCCC(=O)O[C@H](COC(=O)CCCCCCCCCCCCCCCCCC(C)C)COP(=O)(O)OC[C@@H](O)COP(=O)(O)OC[C@@H](COC(=O)CCCCCCCCCCC(C)C)OC(=O)CCCCCCCCCCCCCCC(C)C. The molecule has 0 spiro atoms. The van der Waals surface area contributed by atoms with Crippen molar-refractivity contribution in [3.8, 4) is 0 Å².